The first-order valence-corrected chi connectivity index (χ1v) is 11.9. The SMILES string of the molecule is B=NOC(=O)NCCCCCCOC(=O)NCCCCCCOC(=O)NCCCCCCO. The van der Waals surface area contributed by atoms with Crippen LogP contribution in [0.25, 0.3) is 0 Å². The molecule has 11 nitrogen and oxygen atoms in total. The van der Waals surface area contributed by atoms with Gasteiger partial charge in [0.25, 0.3) is 0 Å². The maximum absolute atomic E-state index is 11.6. The van der Waals surface area contributed by atoms with Crippen LogP contribution < -0.4 is 16.0 Å². The van der Waals surface area contributed by atoms with E-state index in [9.17, 15) is 14.4 Å². The van der Waals surface area contributed by atoms with E-state index >= 15 is 0 Å². The van der Waals surface area contributed by atoms with Crippen molar-refractivity contribution in [1.82, 2.24) is 16.0 Å². The molecule has 0 atom stereocenters. The van der Waals surface area contributed by atoms with Crippen molar-refractivity contribution in [3.8, 4) is 0 Å². The Hall–Kier alpha value is -2.37. The summed E-state index contributed by atoms with van der Waals surface area (Å²) in [5.74, 6) is 0. The summed E-state index contributed by atoms with van der Waals surface area (Å²) in [6, 6.07) is 0. The number of aliphatic hydroxyl groups excluding tert-OH is 1. The van der Waals surface area contributed by atoms with Gasteiger partial charge in [-0.25, -0.2) is 9.59 Å². The van der Waals surface area contributed by atoms with Crippen molar-refractivity contribution in [3.63, 3.8) is 0 Å². The van der Waals surface area contributed by atoms with Crippen molar-refractivity contribution in [2.45, 2.75) is 77.0 Å². The van der Waals surface area contributed by atoms with Gasteiger partial charge in [-0.2, -0.15) is 0 Å². The zero-order valence-electron chi connectivity index (χ0n) is 19.8. The summed E-state index contributed by atoms with van der Waals surface area (Å²) in [6.07, 6.45) is 9.09. The van der Waals surface area contributed by atoms with Crippen LogP contribution in [0, 0.1) is 0 Å². The van der Waals surface area contributed by atoms with Crippen LogP contribution in [0.1, 0.15) is 77.0 Å². The quantitative estimate of drug-likeness (QED) is 0.114. The number of carbonyl (C=O) groups excluding carboxylic acids is 3. The fourth-order valence-electron chi connectivity index (χ4n) is 2.85. The number of rotatable bonds is 21. The van der Waals surface area contributed by atoms with Crippen LogP contribution in [-0.4, -0.2) is 70.5 Å². The molecule has 4 N–H and O–H groups in total. The second-order valence-corrected chi connectivity index (χ2v) is 7.53. The predicted molar refractivity (Wildman–Crippen MR) is 125 cm³/mol. The van der Waals surface area contributed by atoms with Crippen molar-refractivity contribution < 1.29 is 33.8 Å². The molecule has 0 aliphatic heterocycles. The van der Waals surface area contributed by atoms with E-state index in [2.05, 4.69) is 33.5 Å². The molecule has 0 radical (unpaired) electrons. The maximum atomic E-state index is 11.6. The summed E-state index contributed by atoms with van der Waals surface area (Å²) in [4.78, 5) is 38.3. The Balaban J connectivity index is 3.30. The molecule has 0 aliphatic carbocycles. The van der Waals surface area contributed by atoms with Gasteiger partial charge in [-0.1, -0.05) is 19.3 Å². The molecule has 0 saturated heterocycles. The minimum atomic E-state index is -0.612. The number of aliphatic hydroxyl groups is 1. The second-order valence-electron chi connectivity index (χ2n) is 7.53. The Kier molecular flexibility index (Phi) is 22.5. The van der Waals surface area contributed by atoms with Crippen molar-refractivity contribution in [2.75, 3.05) is 39.5 Å². The number of hydrogen-bond donors (Lipinski definition) is 4. The first kappa shape index (κ1) is 30.6. The minimum absolute atomic E-state index is 0.216. The van der Waals surface area contributed by atoms with Crippen LogP contribution in [0.15, 0.2) is 5.06 Å². The van der Waals surface area contributed by atoms with Gasteiger partial charge in [-0.05, 0) is 32.1 Å². The first-order chi connectivity index (χ1) is 16.1. The number of amides is 3. The van der Waals surface area contributed by atoms with Gasteiger partial charge < -0.3 is 20.5 Å². The van der Waals surface area contributed by atoms with E-state index in [1.807, 2.05) is 0 Å². The molecule has 0 bridgehead atoms. The topological polar surface area (TPSA) is 148 Å². The average Bonchev–Trinajstić information content (AvgIpc) is 2.79. The Morgan fingerprint density at radius 2 is 1.00 bits per heavy atom. The third kappa shape index (κ3) is 24.1. The van der Waals surface area contributed by atoms with E-state index in [4.69, 9.17) is 14.6 Å². The fourth-order valence-corrected chi connectivity index (χ4v) is 2.85. The first-order valence-electron chi connectivity index (χ1n) is 11.9. The molecule has 0 spiro atoms. The third-order valence-corrected chi connectivity index (χ3v) is 4.65. The standard InChI is InChI=1S/C21H41BN4O7/c22-26-33-21(30)25-15-9-3-6-12-18-32-20(29)24-14-8-2-5-11-17-31-19(28)23-13-7-1-4-10-16-27/h22,27H,1-18H2,(H,23,28)(H,24,29)(H,25,30). The van der Waals surface area contributed by atoms with Gasteiger partial charge in [-0.3, -0.25) is 0 Å². The molecule has 0 rings (SSSR count). The molecule has 0 heterocycles. The Bertz CT molecular complexity index is 527. The van der Waals surface area contributed by atoms with Crippen LogP contribution in [0.4, 0.5) is 14.4 Å². The van der Waals surface area contributed by atoms with Gasteiger partial charge in [0, 0.05) is 19.7 Å². The molecule has 12 heteroatoms. The number of carbonyl (C=O) groups is 3. The summed E-state index contributed by atoms with van der Waals surface area (Å²) in [6.45, 7) is 2.62. The van der Waals surface area contributed by atoms with Gasteiger partial charge in [-0.15, -0.1) is 0 Å². The van der Waals surface area contributed by atoms with E-state index in [0.29, 0.717) is 32.8 Å². The molecule has 0 aromatic rings. The number of ether oxygens (including phenoxy) is 2. The third-order valence-electron chi connectivity index (χ3n) is 4.65. The Morgan fingerprint density at radius 3 is 1.42 bits per heavy atom. The van der Waals surface area contributed by atoms with Gasteiger partial charge in [0.2, 0.25) is 0 Å². The smallest absolute Gasteiger partial charge is 0.450 e. The number of nitrogens with zero attached hydrogens (tertiary/aromatic N) is 1. The zero-order valence-corrected chi connectivity index (χ0v) is 19.8. The Labute approximate surface area is 197 Å². The molecule has 0 unspecified atom stereocenters. The number of hydrogen-bond acceptors (Lipinski definition) is 8. The molecule has 33 heavy (non-hydrogen) atoms. The van der Waals surface area contributed by atoms with Gasteiger partial charge in [0.15, 0.2) is 0 Å². The van der Waals surface area contributed by atoms with Crippen LogP contribution >= 0.6 is 0 Å². The zero-order chi connectivity index (χ0) is 24.4. The molecule has 0 aromatic heterocycles. The molecule has 190 valence electrons. The normalized spacial score (nSPS) is 10.2. The van der Waals surface area contributed by atoms with E-state index < -0.39 is 12.2 Å². The molecule has 3 amide bonds. The summed E-state index contributed by atoms with van der Waals surface area (Å²) in [5.41, 5.74) is 0. The molecule has 0 fully saturated rings. The fraction of sp³-hybridized carbons (Fsp3) is 0.857. The van der Waals surface area contributed by atoms with Gasteiger partial charge in [0.1, 0.15) is 0 Å². The molecule has 0 aliphatic rings. The second kappa shape index (κ2) is 24.3. The van der Waals surface area contributed by atoms with Crippen molar-refractivity contribution in [3.05, 3.63) is 0 Å². The monoisotopic (exact) mass is 472 g/mol. The van der Waals surface area contributed by atoms with Crippen LogP contribution in [0.3, 0.4) is 0 Å². The van der Waals surface area contributed by atoms with Crippen molar-refractivity contribution in [1.29, 1.82) is 0 Å². The Morgan fingerprint density at radius 1 is 0.606 bits per heavy atom. The van der Waals surface area contributed by atoms with Crippen LogP contribution in [0.5, 0.6) is 0 Å². The van der Waals surface area contributed by atoms with E-state index in [1.54, 1.807) is 0 Å². The minimum Gasteiger partial charge on any atom is -0.450 e. The summed E-state index contributed by atoms with van der Waals surface area (Å²) in [5, 5.41) is 19.7. The van der Waals surface area contributed by atoms with Gasteiger partial charge in [0.05, 0.1) is 6.61 Å². The summed E-state index contributed by atoms with van der Waals surface area (Å²) in [7, 11) is 3.05. The van der Waals surface area contributed by atoms with E-state index in [0.717, 1.165) is 77.0 Å². The van der Waals surface area contributed by atoms with E-state index in [-0.39, 0.29) is 12.7 Å². The molecular weight excluding hydrogens is 431 g/mol. The molecule has 0 aromatic carbocycles. The molecular formula is C21H41BN4O7. The average molecular weight is 472 g/mol. The van der Waals surface area contributed by atoms with Crippen LogP contribution in [-0.2, 0) is 14.3 Å². The number of alkyl carbamates (subject to hydrolysis) is 2. The summed E-state index contributed by atoms with van der Waals surface area (Å²) < 4.78 is 10.2. The van der Waals surface area contributed by atoms with Crippen LogP contribution in [0.2, 0.25) is 0 Å². The number of nitrogens with one attached hydrogen (secondary N) is 3. The van der Waals surface area contributed by atoms with E-state index in [1.165, 1.54) is 0 Å². The molecule has 0 saturated carbocycles. The summed E-state index contributed by atoms with van der Waals surface area (Å²) >= 11 is 0. The van der Waals surface area contributed by atoms with Crippen molar-refractivity contribution >= 4 is 25.9 Å². The van der Waals surface area contributed by atoms with Gasteiger partial charge >= 0.3 is 89.5 Å². The number of unbranched alkanes of at least 4 members (excludes halogenated alkanes) is 9. The predicted octanol–water partition coefficient (Wildman–Crippen LogP) is 2.84. The van der Waals surface area contributed by atoms with Crippen molar-refractivity contribution in [2.24, 2.45) is 5.06 Å².